The van der Waals surface area contributed by atoms with E-state index in [9.17, 15) is 9.59 Å². The molecule has 2 amide bonds. The van der Waals surface area contributed by atoms with Crippen LogP contribution in [0.15, 0.2) is 24.3 Å². The van der Waals surface area contributed by atoms with E-state index in [1.54, 1.807) is 38.4 Å². The number of ether oxygens (including phenoxy) is 1. The first-order valence-electron chi connectivity index (χ1n) is 5.94. The Bertz CT molecular complexity index is 429. The van der Waals surface area contributed by atoms with Gasteiger partial charge in [-0.25, -0.2) is 0 Å². The number of nitrogens with one attached hydrogen (secondary N) is 1. The van der Waals surface area contributed by atoms with Crippen LogP contribution in [0, 0.1) is 0 Å². The summed E-state index contributed by atoms with van der Waals surface area (Å²) in [5.41, 5.74) is 6.17. The summed E-state index contributed by atoms with van der Waals surface area (Å²) in [7, 11) is 3.35. The van der Waals surface area contributed by atoms with E-state index in [1.807, 2.05) is 0 Å². The predicted octanol–water partition coefficient (Wildman–Crippen LogP) is 0.242. The molecule has 0 aliphatic carbocycles. The van der Waals surface area contributed by atoms with Crippen molar-refractivity contribution in [1.82, 2.24) is 10.2 Å². The maximum atomic E-state index is 11.4. The third kappa shape index (κ3) is 5.76. The van der Waals surface area contributed by atoms with Crippen molar-refractivity contribution in [2.24, 2.45) is 0 Å². The van der Waals surface area contributed by atoms with Crippen LogP contribution in [-0.2, 0) is 9.59 Å². The Hall–Kier alpha value is -2.24. The number of nitrogens with two attached hydrogens (primary N) is 1. The maximum Gasteiger partial charge on any atom is 0.257 e. The molecule has 0 spiro atoms. The van der Waals surface area contributed by atoms with Crippen molar-refractivity contribution >= 4 is 17.5 Å². The van der Waals surface area contributed by atoms with Gasteiger partial charge in [0.2, 0.25) is 5.91 Å². The molecule has 0 radical (unpaired) electrons. The van der Waals surface area contributed by atoms with Gasteiger partial charge in [-0.15, -0.1) is 0 Å². The number of nitrogens with zero attached hydrogens (tertiary/aromatic N) is 1. The van der Waals surface area contributed by atoms with Crippen LogP contribution in [0.5, 0.6) is 5.75 Å². The molecule has 0 unspecified atom stereocenters. The lowest BCUT2D eigenvalue weighted by Crippen LogP contribution is -2.33. The lowest BCUT2D eigenvalue weighted by Gasteiger charge is -2.11. The van der Waals surface area contributed by atoms with Gasteiger partial charge in [0.1, 0.15) is 5.75 Å². The van der Waals surface area contributed by atoms with Gasteiger partial charge in [-0.3, -0.25) is 9.59 Å². The SMILES string of the molecule is CN(C)C(=O)CCNC(=O)COc1ccc(N)cc1. The number of benzene rings is 1. The quantitative estimate of drug-likeness (QED) is 0.722. The highest BCUT2D eigenvalue weighted by Crippen LogP contribution is 2.12. The molecule has 1 rings (SSSR count). The van der Waals surface area contributed by atoms with Crippen molar-refractivity contribution in [1.29, 1.82) is 0 Å². The zero-order valence-corrected chi connectivity index (χ0v) is 11.2. The molecular weight excluding hydrogens is 246 g/mol. The fourth-order valence-corrected chi connectivity index (χ4v) is 1.30. The van der Waals surface area contributed by atoms with Gasteiger partial charge in [-0.05, 0) is 24.3 Å². The van der Waals surface area contributed by atoms with Crippen LogP contribution in [0.1, 0.15) is 6.42 Å². The van der Waals surface area contributed by atoms with E-state index in [0.29, 0.717) is 18.0 Å². The number of rotatable bonds is 6. The van der Waals surface area contributed by atoms with Crippen LogP contribution in [0.4, 0.5) is 5.69 Å². The van der Waals surface area contributed by atoms with Gasteiger partial charge in [0.25, 0.3) is 5.91 Å². The highest BCUT2D eigenvalue weighted by atomic mass is 16.5. The van der Waals surface area contributed by atoms with Crippen molar-refractivity contribution in [2.75, 3.05) is 33.0 Å². The van der Waals surface area contributed by atoms with Crippen molar-refractivity contribution in [2.45, 2.75) is 6.42 Å². The molecule has 0 bridgehead atoms. The first-order valence-corrected chi connectivity index (χ1v) is 5.94. The van der Waals surface area contributed by atoms with Gasteiger partial charge < -0.3 is 20.7 Å². The second-order valence-corrected chi connectivity index (χ2v) is 4.25. The molecule has 0 saturated heterocycles. The highest BCUT2D eigenvalue weighted by Gasteiger charge is 2.06. The molecule has 0 aliphatic rings. The molecule has 104 valence electrons. The van der Waals surface area contributed by atoms with Gasteiger partial charge >= 0.3 is 0 Å². The van der Waals surface area contributed by atoms with E-state index in [-0.39, 0.29) is 24.8 Å². The fraction of sp³-hybridized carbons (Fsp3) is 0.385. The summed E-state index contributed by atoms with van der Waals surface area (Å²) in [5, 5.41) is 2.61. The minimum atomic E-state index is -0.261. The third-order valence-corrected chi connectivity index (χ3v) is 2.41. The van der Waals surface area contributed by atoms with Crippen molar-refractivity contribution in [3.05, 3.63) is 24.3 Å². The lowest BCUT2D eigenvalue weighted by molar-refractivity contribution is -0.128. The fourth-order valence-electron chi connectivity index (χ4n) is 1.30. The average Bonchev–Trinajstić information content (AvgIpc) is 2.37. The zero-order chi connectivity index (χ0) is 14.3. The van der Waals surface area contributed by atoms with Crippen molar-refractivity contribution in [3.63, 3.8) is 0 Å². The van der Waals surface area contributed by atoms with E-state index in [1.165, 1.54) is 4.90 Å². The molecular formula is C13H19N3O3. The van der Waals surface area contributed by atoms with E-state index >= 15 is 0 Å². The smallest absolute Gasteiger partial charge is 0.257 e. The number of nitrogen functional groups attached to an aromatic ring is 1. The van der Waals surface area contributed by atoms with Crippen molar-refractivity contribution < 1.29 is 14.3 Å². The van der Waals surface area contributed by atoms with Crippen LogP contribution in [0.3, 0.4) is 0 Å². The van der Waals surface area contributed by atoms with Gasteiger partial charge in [0.15, 0.2) is 6.61 Å². The molecule has 1 aromatic carbocycles. The van der Waals surface area contributed by atoms with E-state index < -0.39 is 0 Å². The van der Waals surface area contributed by atoms with Crippen LogP contribution in [-0.4, -0.2) is 44.0 Å². The lowest BCUT2D eigenvalue weighted by atomic mass is 10.3. The Morgan fingerprint density at radius 3 is 2.47 bits per heavy atom. The maximum absolute atomic E-state index is 11.4. The standard InChI is InChI=1S/C13H19N3O3/c1-16(2)13(18)7-8-15-12(17)9-19-11-5-3-10(14)4-6-11/h3-6H,7-9,14H2,1-2H3,(H,15,17). The second kappa shape index (κ2) is 7.25. The largest absolute Gasteiger partial charge is 0.484 e. The Morgan fingerprint density at radius 1 is 1.26 bits per heavy atom. The van der Waals surface area contributed by atoms with Crippen LogP contribution in [0.25, 0.3) is 0 Å². The molecule has 0 aliphatic heterocycles. The number of hydrogen-bond donors (Lipinski definition) is 2. The number of hydrogen-bond acceptors (Lipinski definition) is 4. The molecule has 1 aromatic rings. The topological polar surface area (TPSA) is 84.7 Å². The van der Waals surface area contributed by atoms with Gasteiger partial charge in [0, 0.05) is 32.7 Å². The minimum Gasteiger partial charge on any atom is -0.484 e. The molecule has 0 saturated carbocycles. The summed E-state index contributed by atoms with van der Waals surface area (Å²) in [6.45, 7) is 0.223. The first-order chi connectivity index (χ1) is 8.99. The number of anilines is 1. The van der Waals surface area contributed by atoms with Gasteiger partial charge in [-0.1, -0.05) is 0 Å². The molecule has 3 N–H and O–H groups in total. The first kappa shape index (κ1) is 14.8. The molecule has 0 heterocycles. The number of amides is 2. The molecule has 6 heteroatoms. The van der Waals surface area contributed by atoms with Crippen LogP contribution in [0.2, 0.25) is 0 Å². The third-order valence-electron chi connectivity index (χ3n) is 2.41. The highest BCUT2D eigenvalue weighted by molar-refractivity contribution is 5.79. The van der Waals surface area contributed by atoms with Crippen molar-refractivity contribution in [3.8, 4) is 5.75 Å². The van der Waals surface area contributed by atoms with E-state index in [4.69, 9.17) is 10.5 Å². The summed E-state index contributed by atoms with van der Waals surface area (Å²) >= 11 is 0. The Labute approximate surface area is 112 Å². The summed E-state index contributed by atoms with van der Waals surface area (Å²) in [4.78, 5) is 24.2. The molecule has 0 aromatic heterocycles. The monoisotopic (exact) mass is 265 g/mol. The van der Waals surface area contributed by atoms with Gasteiger partial charge in [-0.2, -0.15) is 0 Å². The second-order valence-electron chi connectivity index (χ2n) is 4.25. The Balaban J connectivity index is 2.21. The van der Waals surface area contributed by atoms with E-state index in [0.717, 1.165) is 0 Å². The number of carbonyl (C=O) groups is 2. The summed E-state index contributed by atoms with van der Waals surface area (Å²) in [6.07, 6.45) is 0.278. The average molecular weight is 265 g/mol. The summed E-state index contributed by atoms with van der Waals surface area (Å²) in [6, 6.07) is 6.78. The molecule has 0 fully saturated rings. The minimum absolute atomic E-state index is 0.0280. The summed E-state index contributed by atoms with van der Waals surface area (Å²) < 4.78 is 5.26. The normalized spacial score (nSPS) is 9.79. The predicted molar refractivity (Wildman–Crippen MR) is 72.7 cm³/mol. The molecule has 0 atom stereocenters. The molecule has 19 heavy (non-hydrogen) atoms. The summed E-state index contributed by atoms with van der Waals surface area (Å²) in [5.74, 6) is 0.289. The van der Waals surface area contributed by atoms with Crippen LogP contribution >= 0.6 is 0 Å². The Kier molecular flexibility index (Phi) is 5.66. The van der Waals surface area contributed by atoms with E-state index in [2.05, 4.69) is 5.32 Å². The number of carbonyl (C=O) groups excluding carboxylic acids is 2. The Morgan fingerprint density at radius 2 is 1.89 bits per heavy atom. The van der Waals surface area contributed by atoms with Gasteiger partial charge in [0.05, 0.1) is 0 Å². The van der Waals surface area contributed by atoms with Crippen LogP contribution < -0.4 is 15.8 Å². The molecule has 6 nitrogen and oxygen atoms in total. The zero-order valence-electron chi connectivity index (χ0n) is 11.2.